The van der Waals surface area contributed by atoms with E-state index in [-0.39, 0.29) is 0 Å². The van der Waals surface area contributed by atoms with Gasteiger partial charge >= 0.3 is 0 Å². The molecule has 0 amide bonds. The second-order valence-corrected chi connectivity index (χ2v) is 9.88. The van der Waals surface area contributed by atoms with E-state index in [2.05, 4.69) is 107 Å². The van der Waals surface area contributed by atoms with Crippen molar-refractivity contribution in [2.45, 2.75) is 65.8 Å². The molecule has 0 fully saturated rings. The lowest BCUT2D eigenvalue weighted by molar-refractivity contribution is 0.567. The van der Waals surface area contributed by atoms with Crippen molar-refractivity contribution in [1.29, 1.82) is 0 Å². The van der Waals surface area contributed by atoms with Gasteiger partial charge in [-0.15, -0.1) is 10.2 Å². The molecular formula is C29H33N7. The Morgan fingerprint density at radius 1 is 0.806 bits per heavy atom. The van der Waals surface area contributed by atoms with Gasteiger partial charge < -0.3 is 4.57 Å². The van der Waals surface area contributed by atoms with Crippen molar-refractivity contribution in [3.8, 4) is 22.5 Å². The summed E-state index contributed by atoms with van der Waals surface area (Å²) in [5.74, 6) is 1.16. The first-order valence-corrected chi connectivity index (χ1v) is 12.8. The predicted octanol–water partition coefficient (Wildman–Crippen LogP) is 6.43. The summed E-state index contributed by atoms with van der Waals surface area (Å²) >= 11 is 0. The number of benzene rings is 2. The van der Waals surface area contributed by atoms with Crippen LogP contribution in [0.5, 0.6) is 0 Å². The molecule has 0 aliphatic rings. The lowest BCUT2D eigenvalue weighted by Gasteiger charge is -2.14. The van der Waals surface area contributed by atoms with Crippen molar-refractivity contribution in [1.82, 2.24) is 35.2 Å². The van der Waals surface area contributed by atoms with Gasteiger partial charge in [0.1, 0.15) is 5.52 Å². The number of tetrazole rings is 1. The second-order valence-electron chi connectivity index (χ2n) is 9.88. The third-order valence-corrected chi connectivity index (χ3v) is 6.67. The number of hydrogen-bond acceptors (Lipinski definition) is 5. The summed E-state index contributed by atoms with van der Waals surface area (Å²) in [5.41, 5.74) is 9.69. The molecule has 1 N–H and O–H groups in total. The third kappa shape index (κ3) is 5.05. The van der Waals surface area contributed by atoms with Crippen LogP contribution >= 0.6 is 0 Å². The molecular weight excluding hydrogens is 446 g/mol. The summed E-state index contributed by atoms with van der Waals surface area (Å²) in [6.45, 7) is 9.61. The average Bonchev–Trinajstić information content (AvgIpc) is 3.52. The van der Waals surface area contributed by atoms with Crippen LogP contribution in [-0.2, 0) is 13.0 Å². The maximum absolute atomic E-state index is 5.28. The van der Waals surface area contributed by atoms with E-state index in [4.69, 9.17) is 9.97 Å². The van der Waals surface area contributed by atoms with Crippen molar-refractivity contribution in [2.24, 2.45) is 0 Å². The van der Waals surface area contributed by atoms with Gasteiger partial charge in [0.25, 0.3) is 0 Å². The Bertz CT molecular complexity index is 1430. The number of fused-ring (bicyclic) bond motifs is 1. The molecule has 2 aromatic carbocycles. The molecule has 0 aliphatic carbocycles. The first kappa shape index (κ1) is 23.9. The summed E-state index contributed by atoms with van der Waals surface area (Å²) in [4.78, 5) is 10.5. The highest BCUT2D eigenvalue weighted by atomic mass is 15.5. The van der Waals surface area contributed by atoms with Crippen LogP contribution in [0, 0.1) is 13.8 Å². The lowest BCUT2D eigenvalue weighted by Crippen LogP contribution is -2.06. The van der Waals surface area contributed by atoms with Crippen LogP contribution in [0.3, 0.4) is 0 Å². The Hall–Kier alpha value is -3.87. The van der Waals surface area contributed by atoms with Crippen LogP contribution in [-0.4, -0.2) is 35.2 Å². The number of nitrogens with one attached hydrogen (secondary N) is 1. The van der Waals surface area contributed by atoms with Gasteiger partial charge in [0.05, 0.1) is 11.4 Å². The number of rotatable bonds is 9. The van der Waals surface area contributed by atoms with Gasteiger partial charge in [0.15, 0.2) is 11.5 Å². The summed E-state index contributed by atoms with van der Waals surface area (Å²) < 4.78 is 2.37. The van der Waals surface area contributed by atoms with Crippen LogP contribution in [0.15, 0.2) is 54.6 Å². The van der Waals surface area contributed by atoms with E-state index >= 15 is 0 Å². The molecule has 0 saturated carbocycles. The highest BCUT2D eigenvalue weighted by molar-refractivity contribution is 5.85. The Kier molecular flexibility index (Phi) is 6.89. The smallest absolute Gasteiger partial charge is 0.174 e. The number of hydrogen-bond donors (Lipinski definition) is 1. The fraction of sp³-hybridized carbons (Fsp3) is 0.345. The highest BCUT2D eigenvalue weighted by Gasteiger charge is 2.19. The van der Waals surface area contributed by atoms with E-state index in [1.807, 2.05) is 0 Å². The minimum absolute atomic E-state index is 0.381. The molecule has 3 aromatic heterocycles. The normalized spacial score (nSPS) is 11.6. The maximum atomic E-state index is 5.28. The van der Waals surface area contributed by atoms with Gasteiger partial charge in [0, 0.05) is 29.8 Å². The Labute approximate surface area is 212 Å². The predicted molar refractivity (Wildman–Crippen MR) is 144 cm³/mol. The van der Waals surface area contributed by atoms with Crippen molar-refractivity contribution in [3.63, 3.8) is 0 Å². The number of aromatic amines is 1. The van der Waals surface area contributed by atoms with Gasteiger partial charge in [-0.25, -0.2) is 9.97 Å². The van der Waals surface area contributed by atoms with E-state index in [1.165, 1.54) is 16.8 Å². The van der Waals surface area contributed by atoms with E-state index in [1.54, 1.807) is 0 Å². The molecule has 0 spiro atoms. The SMILES string of the molecule is Cc1ccc(-c2nc3cc(C(C)C)n(CCCCCc4nn[nH]n4)c3nc2-c2ccc(C)cc2)cc1. The molecule has 5 aromatic rings. The third-order valence-electron chi connectivity index (χ3n) is 6.67. The molecule has 3 heterocycles. The molecule has 7 heteroatoms. The number of nitrogens with zero attached hydrogens (tertiary/aromatic N) is 6. The highest BCUT2D eigenvalue weighted by Crippen LogP contribution is 2.33. The van der Waals surface area contributed by atoms with Crippen LogP contribution < -0.4 is 0 Å². The number of unbranched alkanes of at least 4 members (excludes halogenated alkanes) is 2. The molecule has 5 rings (SSSR count). The van der Waals surface area contributed by atoms with Gasteiger partial charge in [-0.2, -0.15) is 5.21 Å². The van der Waals surface area contributed by atoms with E-state index in [9.17, 15) is 0 Å². The number of aryl methyl sites for hydroxylation is 4. The van der Waals surface area contributed by atoms with Gasteiger partial charge in [-0.3, -0.25) is 0 Å². The van der Waals surface area contributed by atoms with Crippen LogP contribution in [0.25, 0.3) is 33.7 Å². The first-order valence-electron chi connectivity index (χ1n) is 12.8. The number of aromatic nitrogens is 7. The van der Waals surface area contributed by atoms with Crippen molar-refractivity contribution >= 4 is 11.2 Å². The van der Waals surface area contributed by atoms with Crippen LogP contribution in [0.2, 0.25) is 0 Å². The molecule has 0 aliphatic heterocycles. The Balaban J connectivity index is 1.53. The molecule has 0 bridgehead atoms. The minimum Gasteiger partial charge on any atom is -0.328 e. The topological polar surface area (TPSA) is 85.2 Å². The van der Waals surface area contributed by atoms with Crippen molar-refractivity contribution in [2.75, 3.05) is 0 Å². The molecule has 0 radical (unpaired) electrons. The molecule has 184 valence electrons. The largest absolute Gasteiger partial charge is 0.328 e. The second kappa shape index (κ2) is 10.4. The van der Waals surface area contributed by atoms with E-state index in [0.29, 0.717) is 5.92 Å². The zero-order valence-corrected chi connectivity index (χ0v) is 21.5. The minimum atomic E-state index is 0.381. The summed E-state index contributed by atoms with van der Waals surface area (Å²) in [6.07, 6.45) is 4.03. The quantitative estimate of drug-likeness (QED) is 0.246. The van der Waals surface area contributed by atoms with Crippen LogP contribution in [0.1, 0.15) is 61.7 Å². The Morgan fingerprint density at radius 3 is 2.03 bits per heavy atom. The van der Waals surface area contributed by atoms with E-state index < -0.39 is 0 Å². The maximum Gasteiger partial charge on any atom is 0.174 e. The molecule has 7 nitrogen and oxygen atoms in total. The molecule has 0 atom stereocenters. The van der Waals surface area contributed by atoms with E-state index in [0.717, 1.165) is 71.7 Å². The molecule has 36 heavy (non-hydrogen) atoms. The summed E-state index contributed by atoms with van der Waals surface area (Å²) in [7, 11) is 0. The Morgan fingerprint density at radius 2 is 1.44 bits per heavy atom. The molecule has 0 saturated heterocycles. The summed E-state index contributed by atoms with van der Waals surface area (Å²) in [6, 6.07) is 19.4. The van der Waals surface area contributed by atoms with Crippen molar-refractivity contribution < 1.29 is 0 Å². The first-order chi connectivity index (χ1) is 17.5. The number of H-pyrrole nitrogens is 1. The average molecular weight is 480 g/mol. The zero-order valence-electron chi connectivity index (χ0n) is 21.5. The van der Waals surface area contributed by atoms with Crippen molar-refractivity contribution in [3.05, 3.63) is 77.2 Å². The fourth-order valence-corrected chi connectivity index (χ4v) is 4.63. The zero-order chi connectivity index (χ0) is 25.1. The van der Waals surface area contributed by atoms with Gasteiger partial charge in [0.2, 0.25) is 0 Å². The van der Waals surface area contributed by atoms with Gasteiger partial charge in [-0.05, 0) is 38.7 Å². The van der Waals surface area contributed by atoms with Crippen LogP contribution in [0.4, 0.5) is 0 Å². The lowest BCUT2D eigenvalue weighted by atomic mass is 10.0. The monoisotopic (exact) mass is 479 g/mol. The standard InChI is InChI=1S/C29H33N7/c1-19(2)25-18-24-29(36(25)17-7-5-6-8-26-32-34-35-33-26)31-28(23-15-11-21(4)12-16-23)27(30-24)22-13-9-20(3)10-14-22/h9-16,18-19H,5-8,17H2,1-4H3,(H,32,33,34,35). The fourth-order valence-electron chi connectivity index (χ4n) is 4.63. The van der Waals surface area contributed by atoms with Gasteiger partial charge in [-0.1, -0.05) is 85.1 Å². The summed E-state index contributed by atoms with van der Waals surface area (Å²) in [5, 5.41) is 14.3. The molecule has 0 unspecified atom stereocenters.